The first-order valence-electron chi connectivity index (χ1n) is 5.76. The van der Waals surface area contributed by atoms with Crippen molar-refractivity contribution in [1.29, 1.82) is 0 Å². The van der Waals surface area contributed by atoms with Gasteiger partial charge in [0.05, 0.1) is 0 Å². The van der Waals surface area contributed by atoms with Gasteiger partial charge in [0.1, 0.15) is 5.82 Å². The number of nitrogens with one attached hydrogen (secondary N) is 2. The second kappa shape index (κ2) is 6.19. The molecule has 18 heavy (non-hydrogen) atoms. The van der Waals surface area contributed by atoms with Gasteiger partial charge in [0, 0.05) is 28.9 Å². The monoisotopic (exact) mass is 362 g/mol. The van der Waals surface area contributed by atoms with E-state index in [1.165, 1.54) is 4.90 Å². The first-order valence-corrected chi connectivity index (χ1v) is 6.84. The van der Waals surface area contributed by atoms with Crippen LogP contribution in [0.5, 0.6) is 0 Å². The number of rotatable bonds is 3. The highest BCUT2D eigenvalue weighted by Gasteiger charge is 2.21. The van der Waals surface area contributed by atoms with Gasteiger partial charge in [0.15, 0.2) is 0 Å². The summed E-state index contributed by atoms with van der Waals surface area (Å²) in [6, 6.07) is 4.15. The Kier molecular flexibility index (Phi) is 4.59. The van der Waals surface area contributed by atoms with Crippen LogP contribution < -0.4 is 10.9 Å². The molecule has 3 N–H and O–H groups in total. The van der Waals surface area contributed by atoms with Crippen molar-refractivity contribution >= 4 is 34.5 Å². The minimum absolute atomic E-state index is 0.278. The minimum Gasteiger partial charge on any atom is -0.465 e. The quantitative estimate of drug-likeness (QED) is 0.564. The summed E-state index contributed by atoms with van der Waals surface area (Å²) in [5, 5.41) is 8.84. The first-order chi connectivity index (χ1) is 8.65. The number of anilines is 1. The van der Waals surface area contributed by atoms with Crippen LogP contribution in [0.3, 0.4) is 0 Å². The van der Waals surface area contributed by atoms with Gasteiger partial charge in [-0.25, -0.2) is 15.2 Å². The lowest BCUT2D eigenvalue weighted by Gasteiger charge is -2.30. The van der Waals surface area contributed by atoms with Crippen LogP contribution in [0, 0.1) is 3.57 Å². The highest BCUT2D eigenvalue weighted by atomic mass is 127. The Morgan fingerprint density at radius 3 is 2.83 bits per heavy atom. The Morgan fingerprint density at radius 1 is 1.50 bits per heavy atom. The van der Waals surface area contributed by atoms with Gasteiger partial charge in [-0.05, 0) is 47.6 Å². The Hall–Kier alpha value is -1.09. The van der Waals surface area contributed by atoms with Crippen molar-refractivity contribution in [1.82, 2.24) is 15.3 Å². The van der Waals surface area contributed by atoms with E-state index in [2.05, 4.69) is 38.4 Å². The number of pyridine rings is 1. The average Bonchev–Trinajstić information content (AvgIpc) is 2.37. The number of amides is 1. The van der Waals surface area contributed by atoms with Crippen molar-refractivity contribution in [3.05, 3.63) is 21.9 Å². The maximum absolute atomic E-state index is 10.8. The largest absolute Gasteiger partial charge is 0.465 e. The molecule has 1 saturated heterocycles. The number of carboxylic acid groups (broad SMARTS) is 1. The molecule has 1 aromatic heterocycles. The van der Waals surface area contributed by atoms with Gasteiger partial charge < -0.3 is 15.4 Å². The topological polar surface area (TPSA) is 77.5 Å². The van der Waals surface area contributed by atoms with E-state index in [1.54, 1.807) is 6.20 Å². The van der Waals surface area contributed by atoms with Gasteiger partial charge in [-0.1, -0.05) is 0 Å². The molecule has 2 rings (SSSR count). The molecule has 1 fully saturated rings. The van der Waals surface area contributed by atoms with Crippen molar-refractivity contribution in [2.24, 2.45) is 0 Å². The van der Waals surface area contributed by atoms with Gasteiger partial charge in [0.2, 0.25) is 0 Å². The number of hydrogen-bond donors (Lipinski definition) is 3. The van der Waals surface area contributed by atoms with E-state index in [0.717, 1.165) is 22.2 Å². The summed E-state index contributed by atoms with van der Waals surface area (Å²) in [5.41, 5.74) is 6.26. The summed E-state index contributed by atoms with van der Waals surface area (Å²) in [7, 11) is 0. The van der Waals surface area contributed by atoms with E-state index in [1.807, 2.05) is 12.1 Å². The summed E-state index contributed by atoms with van der Waals surface area (Å²) in [6.45, 7) is 1.16. The number of nitrogens with zero attached hydrogens (tertiary/aromatic N) is 2. The molecule has 6 nitrogen and oxygen atoms in total. The number of hydrazine groups is 1. The third kappa shape index (κ3) is 3.70. The van der Waals surface area contributed by atoms with Crippen molar-refractivity contribution in [3.8, 4) is 0 Å². The molecular formula is C11H15IN4O2. The lowest BCUT2D eigenvalue weighted by atomic mass is 10.1. The van der Waals surface area contributed by atoms with Crippen LogP contribution in [0.1, 0.15) is 12.8 Å². The fourth-order valence-corrected chi connectivity index (χ4v) is 2.32. The maximum Gasteiger partial charge on any atom is 0.407 e. The molecule has 0 atom stereocenters. The van der Waals surface area contributed by atoms with Gasteiger partial charge >= 0.3 is 6.09 Å². The van der Waals surface area contributed by atoms with E-state index < -0.39 is 6.09 Å². The van der Waals surface area contributed by atoms with Gasteiger partial charge in [-0.3, -0.25) is 0 Å². The molecule has 0 unspecified atom stereocenters. The summed E-state index contributed by atoms with van der Waals surface area (Å²) in [5.74, 6) is 0.780. The van der Waals surface area contributed by atoms with Gasteiger partial charge in [0.25, 0.3) is 0 Å². The smallest absolute Gasteiger partial charge is 0.407 e. The lowest BCUT2D eigenvalue weighted by Crippen LogP contribution is -2.46. The Labute approximate surface area is 119 Å². The number of carbonyl (C=O) groups is 1. The maximum atomic E-state index is 10.8. The van der Waals surface area contributed by atoms with Crippen LogP contribution in [-0.4, -0.2) is 40.2 Å². The molecule has 1 aliphatic rings. The number of likely N-dealkylation sites (tertiary alicyclic amines) is 1. The Balaban J connectivity index is 1.77. The molecule has 1 amide bonds. The number of aromatic nitrogens is 1. The average molecular weight is 362 g/mol. The standard InChI is InChI=1S/C11H15IN4O2/c12-8-1-4-13-10(7-8)15-14-9-2-5-16(6-3-9)11(17)18/h1,4,7,9,14H,2-3,5-6H2,(H,13,15)(H,17,18). The summed E-state index contributed by atoms with van der Waals surface area (Å²) in [4.78, 5) is 16.4. The van der Waals surface area contributed by atoms with Crippen LogP contribution in [0.25, 0.3) is 0 Å². The van der Waals surface area contributed by atoms with Crippen LogP contribution in [-0.2, 0) is 0 Å². The molecule has 98 valence electrons. The van der Waals surface area contributed by atoms with Crippen molar-refractivity contribution in [3.63, 3.8) is 0 Å². The summed E-state index contributed by atoms with van der Waals surface area (Å²) in [6.07, 6.45) is 2.53. The Bertz CT molecular complexity index is 421. The predicted octanol–water partition coefficient (Wildman–Crippen LogP) is 1.75. The predicted molar refractivity (Wildman–Crippen MR) is 76.3 cm³/mol. The molecule has 0 aliphatic carbocycles. The molecular weight excluding hydrogens is 347 g/mol. The molecule has 2 heterocycles. The van der Waals surface area contributed by atoms with Crippen molar-refractivity contribution < 1.29 is 9.90 Å². The van der Waals surface area contributed by atoms with Crippen molar-refractivity contribution in [2.45, 2.75) is 18.9 Å². The zero-order valence-corrected chi connectivity index (χ0v) is 11.9. The fourth-order valence-electron chi connectivity index (χ4n) is 1.86. The fraction of sp³-hybridized carbons (Fsp3) is 0.455. The number of piperidine rings is 1. The zero-order valence-electron chi connectivity index (χ0n) is 9.77. The molecule has 0 bridgehead atoms. The molecule has 1 aromatic rings. The highest BCUT2D eigenvalue weighted by Crippen LogP contribution is 2.12. The van der Waals surface area contributed by atoms with Crippen LogP contribution >= 0.6 is 22.6 Å². The molecule has 1 aliphatic heterocycles. The first kappa shape index (κ1) is 13.3. The van der Waals surface area contributed by atoms with E-state index in [4.69, 9.17) is 5.11 Å². The normalized spacial score (nSPS) is 16.6. The van der Waals surface area contributed by atoms with Gasteiger partial charge in [-0.15, -0.1) is 0 Å². The van der Waals surface area contributed by atoms with Crippen molar-refractivity contribution in [2.75, 3.05) is 18.5 Å². The molecule has 0 saturated carbocycles. The lowest BCUT2D eigenvalue weighted by molar-refractivity contribution is 0.130. The van der Waals surface area contributed by atoms with Gasteiger partial charge in [-0.2, -0.15) is 0 Å². The molecule has 0 aromatic carbocycles. The number of halogens is 1. The third-order valence-electron chi connectivity index (χ3n) is 2.89. The minimum atomic E-state index is -0.833. The van der Waals surface area contributed by atoms with E-state index in [0.29, 0.717) is 13.1 Å². The second-order valence-electron chi connectivity index (χ2n) is 4.17. The van der Waals surface area contributed by atoms with Crippen LogP contribution in [0.15, 0.2) is 18.3 Å². The van der Waals surface area contributed by atoms with E-state index in [9.17, 15) is 4.79 Å². The molecule has 0 spiro atoms. The van der Waals surface area contributed by atoms with E-state index in [-0.39, 0.29) is 6.04 Å². The van der Waals surface area contributed by atoms with E-state index >= 15 is 0 Å². The second-order valence-corrected chi connectivity index (χ2v) is 5.42. The summed E-state index contributed by atoms with van der Waals surface area (Å²) >= 11 is 2.23. The molecule has 7 heteroatoms. The zero-order chi connectivity index (χ0) is 13.0. The summed E-state index contributed by atoms with van der Waals surface area (Å²) < 4.78 is 1.12. The van der Waals surface area contributed by atoms with Crippen LogP contribution in [0.4, 0.5) is 10.6 Å². The Morgan fingerprint density at radius 2 is 2.22 bits per heavy atom. The number of hydrogen-bond acceptors (Lipinski definition) is 4. The van der Waals surface area contributed by atoms with Crippen LogP contribution in [0.2, 0.25) is 0 Å². The molecule has 0 radical (unpaired) electrons. The highest BCUT2D eigenvalue weighted by molar-refractivity contribution is 14.1. The third-order valence-corrected chi connectivity index (χ3v) is 3.56. The SMILES string of the molecule is O=C(O)N1CCC(NNc2cc(I)ccn2)CC1.